The van der Waals surface area contributed by atoms with Gasteiger partial charge in [-0.05, 0) is 17.7 Å². The van der Waals surface area contributed by atoms with Crippen LogP contribution in [0, 0.1) is 11.5 Å². The highest BCUT2D eigenvalue weighted by Crippen LogP contribution is 2.22. The molecule has 6 nitrogen and oxygen atoms in total. The molecule has 0 saturated carbocycles. The van der Waals surface area contributed by atoms with E-state index < -0.39 is 0 Å². The van der Waals surface area contributed by atoms with Crippen molar-refractivity contribution < 1.29 is 0 Å². The molecule has 2 aromatic rings. The van der Waals surface area contributed by atoms with E-state index in [1.165, 1.54) is 0 Å². The van der Waals surface area contributed by atoms with Crippen molar-refractivity contribution in [1.82, 2.24) is 9.97 Å². The van der Waals surface area contributed by atoms with E-state index in [0.717, 1.165) is 5.56 Å². The van der Waals surface area contributed by atoms with Crippen molar-refractivity contribution in [1.29, 1.82) is 5.26 Å². The lowest BCUT2D eigenvalue weighted by Gasteiger charge is -2.09. The van der Waals surface area contributed by atoms with Gasteiger partial charge in [-0.1, -0.05) is 23.7 Å². The van der Waals surface area contributed by atoms with E-state index in [9.17, 15) is 0 Å². The molecule has 0 aliphatic rings. The minimum absolute atomic E-state index is 0.0948. The number of aromatic nitrogens is 2. The first-order valence-electron chi connectivity index (χ1n) is 5.41. The minimum atomic E-state index is 0.0948. The van der Waals surface area contributed by atoms with E-state index >= 15 is 0 Å². The van der Waals surface area contributed by atoms with Crippen molar-refractivity contribution in [3.8, 4) is 6.19 Å². The van der Waals surface area contributed by atoms with E-state index in [1.807, 2.05) is 12.1 Å². The van der Waals surface area contributed by atoms with Crippen LogP contribution in [0.4, 0.5) is 17.6 Å². The second-order valence-corrected chi connectivity index (χ2v) is 4.27. The normalized spacial score (nSPS) is 9.89. The lowest BCUT2D eigenvalue weighted by atomic mass is 10.1. The summed E-state index contributed by atoms with van der Waals surface area (Å²) >= 11 is 5.82. The largest absolute Gasteiger partial charge is 0.383 e. The Balaban J connectivity index is 2.30. The van der Waals surface area contributed by atoms with Gasteiger partial charge in [-0.15, -0.1) is 0 Å². The Morgan fingerprint density at radius 2 is 1.74 bits per heavy atom. The molecule has 0 atom stereocenters. The molecule has 0 aliphatic heterocycles. The predicted octanol–water partition coefficient (Wildman–Crippen LogP) is 1.78. The number of nitrogens with two attached hydrogens (primary N) is 2. The van der Waals surface area contributed by atoms with Crippen LogP contribution in [-0.4, -0.2) is 9.97 Å². The number of halogens is 1. The number of rotatable bonds is 3. The monoisotopic (exact) mass is 274 g/mol. The smallest absolute Gasteiger partial charge is 0.240 e. The topological polar surface area (TPSA) is 114 Å². The Morgan fingerprint density at radius 3 is 2.26 bits per heavy atom. The van der Waals surface area contributed by atoms with Crippen LogP contribution < -0.4 is 16.8 Å². The number of anilines is 3. The zero-order chi connectivity index (χ0) is 13.8. The molecule has 1 aromatic carbocycles. The Labute approximate surface area is 115 Å². The summed E-state index contributed by atoms with van der Waals surface area (Å²) in [6.07, 6.45) is 2.21. The Morgan fingerprint density at radius 1 is 1.16 bits per heavy atom. The van der Waals surface area contributed by atoms with Gasteiger partial charge in [-0.25, -0.2) is 0 Å². The highest BCUT2D eigenvalue weighted by molar-refractivity contribution is 6.30. The first-order valence-corrected chi connectivity index (χ1v) is 5.79. The summed E-state index contributed by atoms with van der Waals surface area (Å²) in [5, 5.41) is 11.5. The quantitative estimate of drug-likeness (QED) is 0.581. The molecule has 96 valence electrons. The summed E-state index contributed by atoms with van der Waals surface area (Å²) in [4.78, 5) is 7.93. The molecule has 1 heterocycles. The van der Waals surface area contributed by atoms with Crippen molar-refractivity contribution in [3.63, 3.8) is 0 Å². The van der Waals surface area contributed by atoms with Gasteiger partial charge in [0.2, 0.25) is 5.95 Å². The molecule has 19 heavy (non-hydrogen) atoms. The SMILES string of the molecule is N#CNc1nc(N)c(Cc2ccc(Cl)cc2)c(N)n1. The fourth-order valence-corrected chi connectivity index (χ4v) is 1.74. The lowest BCUT2D eigenvalue weighted by Crippen LogP contribution is -2.09. The summed E-state index contributed by atoms with van der Waals surface area (Å²) in [6, 6.07) is 7.33. The molecule has 0 unspecified atom stereocenters. The average molecular weight is 275 g/mol. The average Bonchev–Trinajstić information content (AvgIpc) is 2.36. The number of benzene rings is 1. The lowest BCUT2D eigenvalue weighted by molar-refractivity contribution is 1.09. The van der Waals surface area contributed by atoms with Gasteiger partial charge < -0.3 is 11.5 Å². The van der Waals surface area contributed by atoms with Crippen molar-refractivity contribution in [3.05, 3.63) is 40.4 Å². The molecule has 0 spiro atoms. The highest BCUT2D eigenvalue weighted by Gasteiger charge is 2.10. The molecule has 0 fully saturated rings. The Kier molecular flexibility index (Phi) is 3.68. The fourth-order valence-electron chi connectivity index (χ4n) is 1.61. The molecule has 0 bridgehead atoms. The summed E-state index contributed by atoms with van der Waals surface area (Å²) in [5.41, 5.74) is 13.3. The third-order valence-corrected chi connectivity index (χ3v) is 2.78. The summed E-state index contributed by atoms with van der Waals surface area (Å²) in [5.74, 6) is 0.595. The van der Waals surface area contributed by atoms with Gasteiger partial charge in [0.25, 0.3) is 0 Å². The van der Waals surface area contributed by atoms with Crippen LogP contribution in [0.25, 0.3) is 0 Å². The van der Waals surface area contributed by atoms with E-state index in [2.05, 4.69) is 15.3 Å². The van der Waals surface area contributed by atoms with Gasteiger partial charge in [0.05, 0.1) is 0 Å². The van der Waals surface area contributed by atoms with Gasteiger partial charge in [-0.3, -0.25) is 5.32 Å². The zero-order valence-corrected chi connectivity index (χ0v) is 10.6. The molecule has 2 rings (SSSR count). The molecular formula is C12H11ClN6. The van der Waals surface area contributed by atoms with Crippen LogP contribution in [-0.2, 0) is 6.42 Å². The second kappa shape index (κ2) is 5.42. The minimum Gasteiger partial charge on any atom is -0.383 e. The van der Waals surface area contributed by atoms with Crippen LogP contribution in [0.3, 0.4) is 0 Å². The van der Waals surface area contributed by atoms with Crippen molar-refractivity contribution in [2.75, 3.05) is 16.8 Å². The Hall–Kier alpha value is -2.52. The molecule has 0 radical (unpaired) electrons. The molecule has 0 aliphatic carbocycles. The standard InChI is InChI=1S/C12H11ClN6/c13-8-3-1-7(2-4-8)5-9-10(15)18-12(17-6-14)19-11(9)16/h1-4H,5H2,(H5,15,16,17,18,19). The van der Waals surface area contributed by atoms with Gasteiger partial charge in [0.15, 0.2) is 6.19 Å². The summed E-state index contributed by atoms with van der Waals surface area (Å²) in [6.45, 7) is 0. The molecule has 1 aromatic heterocycles. The van der Waals surface area contributed by atoms with E-state index in [1.54, 1.807) is 18.3 Å². The van der Waals surface area contributed by atoms with Crippen LogP contribution in [0.2, 0.25) is 5.02 Å². The van der Waals surface area contributed by atoms with Crippen molar-refractivity contribution in [2.45, 2.75) is 6.42 Å². The summed E-state index contributed by atoms with van der Waals surface area (Å²) < 4.78 is 0. The van der Waals surface area contributed by atoms with Crippen LogP contribution in [0.15, 0.2) is 24.3 Å². The third kappa shape index (κ3) is 3.03. The number of nitriles is 1. The van der Waals surface area contributed by atoms with Gasteiger partial charge in [-0.2, -0.15) is 15.2 Å². The molecule has 0 amide bonds. The van der Waals surface area contributed by atoms with Crippen LogP contribution in [0.5, 0.6) is 0 Å². The zero-order valence-electron chi connectivity index (χ0n) is 9.89. The first kappa shape index (κ1) is 12.9. The maximum Gasteiger partial charge on any atom is 0.240 e. The maximum absolute atomic E-state index is 8.50. The number of nitrogens with one attached hydrogen (secondary N) is 1. The fraction of sp³-hybridized carbons (Fsp3) is 0.0833. The molecule has 7 heteroatoms. The number of nitrogen functional groups attached to an aromatic ring is 2. The van der Waals surface area contributed by atoms with E-state index in [4.69, 9.17) is 28.3 Å². The summed E-state index contributed by atoms with van der Waals surface area (Å²) in [7, 11) is 0. The first-order chi connectivity index (χ1) is 9.10. The molecule has 5 N–H and O–H groups in total. The van der Waals surface area contributed by atoms with Crippen molar-refractivity contribution >= 4 is 29.2 Å². The van der Waals surface area contributed by atoms with Crippen molar-refractivity contribution in [2.24, 2.45) is 0 Å². The Bertz CT molecular complexity index is 609. The number of nitrogens with zero attached hydrogens (tertiary/aromatic N) is 3. The van der Waals surface area contributed by atoms with E-state index in [0.29, 0.717) is 17.0 Å². The van der Waals surface area contributed by atoms with Crippen LogP contribution in [0.1, 0.15) is 11.1 Å². The highest BCUT2D eigenvalue weighted by atomic mass is 35.5. The van der Waals surface area contributed by atoms with Gasteiger partial charge in [0.1, 0.15) is 11.6 Å². The maximum atomic E-state index is 8.50. The number of hydrogen-bond acceptors (Lipinski definition) is 6. The molecular weight excluding hydrogens is 264 g/mol. The van der Waals surface area contributed by atoms with Crippen LogP contribution >= 0.6 is 11.6 Å². The second-order valence-electron chi connectivity index (χ2n) is 3.84. The van der Waals surface area contributed by atoms with Gasteiger partial charge in [0, 0.05) is 17.0 Å². The molecule has 0 saturated heterocycles. The van der Waals surface area contributed by atoms with E-state index in [-0.39, 0.29) is 17.6 Å². The predicted molar refractivity (Wildman–Crippen MR) is 74.4 cm³/mol. The number of hydrogen-bond donors (Lipinski definition) is 3. The van der Waals surface area contributed by atoms with Gasteiger partial charge >= 0.3 is 0 Å². The third-order valence-electron chi connectivity index (χ3n) is 2.53.